The molecule has 27 N–H and O–H groups in total. The summed E-state index contributed by atoms with van der Waals surface area (Å²) in [5, 5.41) is 101. The average molecular weight is 2020 g/mol. The highest BCUT2D eigenvalue weighted by molar-refractivity contribution is 6.03. The van der Waals surface area contributed by atoms with Gasteiger partial charge in [0, 0.05) is 19.5 Å². The summed E-state index contributed by atoms with van der Waals surface area (Å²) in [7, 11) is 0. The van der Waals surface area contributed by atoms with Crippen molar-refractivity contribution < 1.29 is 141 Å². The second-order valence-corrected chi connectivity index (χ2v) is 39.6. The Labute approximate surface area is 827 Å². The van der Waals surface area contributed by atoms with E-state index >= 15 is 0 Å². The summed E-state index contributed by atoms with van der Waals surface area (Å²) in [5.74, 6) is -28.0. The SMILES string of the molecule is CC[C@H](C)[C@H](NC(=O)[C@H](C)NC(=O)[C@@H]1CCCN1C(=O)[C@H](CC(C)C)NC(=O)[C@H](CC(C)C)NC(=O)[C@H](CC(N)=O)NC(=O)[C@@H](NC(=O)[C@H](CC(C)C)NC(=O)[C@H](CC(=O)O)NC(=O)[C@H](CCC(=O)O)NC(=O)[C@@H](NC(=O)[C@@H](N)CO)[C@@H](C)O)C(C)C)C(=O)N[C@@H](CC(C)C)C(=O)N[C@@H](CO)C(=O)N1CCC[C@H]1C(=O)NCC(=O)N[C@@H](C)C(=O)N[C@@H](CC(C)C)C(=O)N[C@H](C(=O)N[C@H](C(=O)O)C(C)C)C(C)C. The maximum Gasteiger partial charge on any atom is 0.326 e. The molecular formula is C92H157N21O29. The fraction of sp³-hybridized carbons (Fsp3) is 0.750. The first-order valence-corrected chi connectivity index (χ1v) is 48.4. The number of carbonyl (C=O) groups is 23. The number of nitrogens with one attached hydrogen (secondary N) is 17. The maximum atomic E-state index is 14.9. The Bertz CT molecular complexity index is 4380. The van der Waals surface area contributed by atoms with E-state index in [9.17, 15) is 141 Å². The number of amides is 20. The molecule has 0 spiro atoms. The Morgan fingerprint density at radius 3 is 1.07 bits per heavy atom. The van der Waals surface area contributed by atoms with Crippen LogP contribution in [0.3, 0.4) is 0 Å². The van der Waals surface area contributed by atoms with Gasteiger partial charge in [-0.3, -0.25) is 105 Å². The van der Waals surface area contributed by atoms with E-state index in [2.05, 4.69) is 90.4 Å². The number of carboxylic acids is 3. The first kappa shape index (κ1) is 126. The van der Waals surface area contributed by atoms with Crippen molar-refractivity contribution in [3.63, 3.8) is 0 Å². The normalized spacial score (nSPS) is 17.7. The van der Waals surface area contributed by atoms with Gasteiger partial charge in [0.25, 0.3) is 0 Å². The smallest absolute Gasteiger partial charge is 0.326 e. The van der Waals surface area contributed by atoms with Crippen LogP contribution in [0, 0.1) is 53.3 Å². The first-order valence-electron chi connectivity index (χ1n) is 48.4. The third kappa shape index (κ3) is 42.4. The summed E-state index contributed by atoms with van der Waals surface area (Å²) < 4.78 is 0. The van der Waals surface area contributed by atoms with E-state index < -0.39 is 332 Å². The van der Waals surface area contributed by atoms with Crippen LogP contribution >= 0.6 is 0 Å². The third-order valence-electron chi connectivity index (χ3n) is 23.5. The van der Waals surface area contributed by atoms with Gasteiger partial charge >= 0.3 is 17.9 Å². The van der Waals surface area contributed by atoms with Crippen LogP contribution in [0.5, 0.6) is 0 Å². The monoisotopic (exact) mass is 2020 g/mol. The summed E-state index contributed by atoms with van der Waals surface area (Å²) in [6, 6.07) is -28.6. The van der Waals surface area contributed by atoms with Crippen LogP contribution in [-0.2, 0) is 110 Å². The van der Waals surface area contributed by atoms with Gasteiger partial charge in [-0.1, -0.05) is 131 Å². The van der Waals surface area contributed by atoms with Crippen LogP contribution in [0.4, 0.5) is 0 Å². The number of hydrogen-bond donors (Lipinski definition) is 25. The molecule has 21 atom stereocenters. The van der Waals surface area contributed by atoms with E-state index in [0.717, 1.165) is 11.8 Å². The molecule has 804 valence electrons. The number of nitrogens with zero attached hydrogens (tertiary/aromatic N) is 2. The second kappa shape index (κ2) is 60.8. The standard InChI is InChI=1S/C92H157N21O29/c1-22-49(18)72(88(137)103-56(32-42(4)5)79(128)106-62(40-115)91(140)112-29-23-25-63(112)84(133)95-38-66(118)96-50(19)74(123)99-57(33-43(6)7)82(131)108-70(47(14)15)87(136)109-71(48(16)17)92(141)142)110-75(124)51(20)97-85(134)64-26-24-30-113(64)90(139)61(35-45(10)11)105-78(127)55(31-41(2)3)100-80(129)59(36-65(94)117)104-86(135)69(46(12)13)107-83(132)58(34-44(8)9)101-81(130)60(37-68(121)122)102-77(126)54(27-28-67(119)120)98-89(138)73(52(21)116)111-76(125)53(93)39-114/h41-64,69-73,114-116H,22-40,93H2,1-21H3,(H2,94,117)(H,95,133)(H,96,118)(H,97,134)(H,98,138)(H,99,123)(H,100,129)(H,101,130)(H,102,126)(H,103,137)(H,104,135)(H,105,127)(H,106,128)(H,107,132)(H,108,131)(H,109,136)(H,110,124)(H,111,125)(H,119,120)(H,121,122)(H,141,142)/t49-,50-,51-,52+,53-,54-,55-,56-,57-,58-,59-,60-,61-,62-,63-,64-,69-,70-,71-,72-,73-/m0/s1. The Hall–Kier alpha value is -12.3. The van der Waals surface area contributed by atoms with Crippen molar-refractivity contribution in [2.75, 3.05) is 32.8 Å². The highest BCUT2D eigenvalue weighted by Gasteiger charge is 2.45. The molecule has 2 heterocycles. The lowest BCUT2D eigenvalue weighted by molar-refractivity contribution is -0.144. The Balaban J connectivity index is 2.34. The zero-order chi connectivity index (χ0) is 109. The minimum Gasteiger partial charge on any atom is -0.481 e. The molecule has 2 saturated heterocycles. The number of hydrogen-bond acceptors (Lipinski definition) is 27. The van der Waals surface area contributed by atoms with Crippen LogP contribution in [-0.4, -0.2) is 330 Å². The van der Waals surface area contributed by atoms with Crippen molar-refractivity contribution in [2.24, 2.45) is 64.7 Å². The molecule has 50 heteroatoms. The van der Waals surface area contributed by atoms with Gasteiger partial charge in [0.1, 0.15) is 115 Å². The van der Waals surface area contributed by atoms with E-state index in [0.29, 0.717) is 0 Å². The molecule has 2 aliphatic rings. The predicted octanol–water partition coefficient (Wildman–Crippen LogP) is -5.88. The summed E-state index contributed by atoms with van der Waals surface area (Å²) in [4.78, 5) is 317. The molecule has 0 aromatic heterocycles. The van der Waals surface area contributed by atoms with Crippen molar-refractivity contribution >= 4 is 136 Å². The predicted molar refractivity (Wildman–Crippen MR) is 510 cm³/mol. The Morgan fingerprint density at radius 1 is 0.338 bits per heavy atom. The highest BCUT2D eigenvalue weighted by atomic mass is 16.4. The molecule has 2 fully saturated rings. The van der Waals surface area contributed by atoms with Gasteiger partial charge < -0.3 is 142 Å². The molecule has 0 bridgehead atoms. The molecule has 0 saturated carbocycles. The molecule has 142 heavy (non-hydrogen) atoms. The lowest BCUT2D eigenvalue weighted by Gasteiger charge is -2.32. The van der Waals surface area contributed by atoms with E-state index in [4.69, 9.17) is 11.5 Å². The van der Waals surface area contributed by atoms with Crippen molar-refractivity contribution in [2.45, 2.75) is 356 Å². The van der Waals surface area contributed by atoms with Crippen LogP contribution in [0.1, 0.15) is 235 Å². The number of aliphatic hydroxyl groups excluding tert-OH is 3. The van der Waals surface area contributed by atoms with E-state index in [1.807, 2.05) is 0 Å². The zero-order valence-corrected chi connectivity index (χ0v) is 85.3. The van der Waals surface area contributed by atoms with Gasteiger partial charge in [-0.2, -0.15) is 0 Å². The van der Waals surface area contributed by atoms with Gasteiger partial charge in [-0.05, 0) is 138 Å². The van der Waals surface area contributed by atoms with Gasteiger partial charge in [0.2, 0.25) is 118 Å². The molecule has 2 aliphatic heterocycles. The highest BCUT2D eigenvalue weighted by Crippen LogP contribution is 2.25. The molecule has 0 aliphatic carbocycles. The summed E-state index contributed by atoms with van der Waals surface area (Å²) in [5.41, 5.74) is 11.1. The number of primary amides is 1. The lowest BCUT2D eigenvalue weighted by atomic mass is 9.96. The average Bonchev–Trinajstić information content (AvgIpc) is 1.69. The first-order chi connectivity index (χ1) is 66.0. The number of carboxylic acid groups (broad SMARTS) is 3. The molecule has 50 nitrogen and oxygen atoms in total. The van der Waals surface area contributed by atoms with Gasteiger partial charge in [-0.25, -0.2) is 4.79 Å². The van der Waals surface area contributed by atoms with Gasteiger partial charge in [0.05, 0.1) is 38.7 Å². The van der Waals surface area contributed by atoms with Crippen LogP contribution in [0.2, 0.25) is 0 Å². The fourth-order valence-electron chi connectivity index (χ4n) is 15.6. The number of aliphatic carboxylic acids is 3. The number of rotatable bonds is 62. The van der Waals surface area contributed by atoms with E-state index in [1.165, 1.54) is 32.6 Å². The molecule has 20 amide bonds. The minimum atomic E-state index is -2.07. The van der Waals surface area contributed by atoms with Crippen molar-refractivity contribution in [1.29, 1.82) is 0 Å². The number of aliphatic hydroxyl groups is 3. The largest absolute Gasteiger partial charge is 0.481 e. The number of likely N-dealkylation sites (tertiary alicyclic amines) is 2. The van der Waals surface area contributed by atoms with E-state index in [-0.39, 0.29) is 101 Å². The van der Waals surface area contributed by atoms with Crippen molar-refractivity contribution in [3.8, 4) is 0 Å². The molecule has 0 aromatic carbocycles. The second-order valence-electron chi connectivity index (χ2n) is 39.6. The summed E-state index contributed by atoms with van der Waals surface area (Å²) in [6.07, 6.45) is -4.59. The van der Waals surface area contributed by atoms with Gasteiger partial charge in [-0.15, -0.1) is 0 Å². The van der Waals surface area contributed by atoms with Crippen LogP contribution in [0.15, 0.2) is 0 Å². The molecule has 0 radical (unpaired) electrons. The maximum absolute atomic E-state index is 14.9. The molecule has 0 unspecified atom stereocenters. The molecule has 2 rings (SSSR count). The summed E-state index contributed by atoms with van der Waals surface area (Å²) >= 11 is 0. The Kier molecular flexibility index (Phi) is 53.8. The Morgan fingerprint density at radius 2 is 0.662 bits per heavy atom. The lowest BCUT2D eigenvalue weighted by Crippen LogP contribution is -2.62. The van der Waals surface area contributed by atoms with Crippen molar-refractivity contribution in [3.05, 3.63) is 0 Å². The van der Waals surface area contributed by atoms with Crippen molar-refractivity contribution in [1.82, 2.24) is 100 Å². The van der Waals surface area contributed by atoms with E-state index in [1.54, 1.807) is 111 Å². The third-order valence-corrected chi connectivity index (χ3v) is 23.5. The van der Waals surface area contributed by atoms with Crippen LogP contribution in [0.25, 0.3) is 0 Å². The molecule has 0 aromatic rings. The van der Waals surface area contributed by atoms with Gasteiger partial charge in [0.15, 0.2) is 0 Å². The quantitative estimate of drug-likeness (QED) is 0.0270. The fourth-order valence-corrected chi connectivity index (χ4v) is 15.6. The van der Waals surface area contributed by atoms with Crippen LogP contribution < -0.4 is 102 Å². The zero-order valence-electron chi connectivity index (χ0n) is 85.3. The topological polar surface area (TPSA) is 777 Å². The molecular weight excluding hydrogens is 1860 g/mol. The number of carbonyl (C=O) groups excluding carboxylic acids is 20. The minimum absolute atomic E-state index is 0.00796. The number of nitrogens with two attached hydrogens (primary N) is 2. The summed E-state index contributed by atoms with van der Waals surface area (Å²) in [6.45, 7) is 31.0.